The Bertz CT molecular complexity index is 686. The molecule has 0 radical (unpaired) electrons. The Hall–Kier alpha value is -1.62. The lowest BCUT2D eigenvalue weighted by atomic mass is 10.0. The fourth-order valence-electron chi connectivity index (χ4n) is 4.50. The van der Waals surface area contributed by atoms with Crippen molar-refractivity contribution in [1.82, 2.24) is 9.80 Å². The van der Waals surface area contributed by atoms with Gasteiger partial charge in [0.25, 0.3) is 0 Å². The van der Waals surface area contributed by atoms with Crippen LogP contribution >= 0.6 is 0 Å². The van der Waals surface area contributed by atoms with Crippen molar-refractivity contribution < 1.29 is 9.15 Å². The van der Waals surface area contributed by atoms with E-state index in [-0.39, 0.29) is 0 Å². The number of furan rings is 1. The Morgan fingerprint density at radius 3 is 2.70 bits per heavy atom. The zero-order valence-electron chi connectivity index (χ0n) is 16.5. The van der Waals surface area contributed by atoms with Crippen LogP contribution in [0.25, 0.3) is 0 Å². The largest absolute Gasteiger partial charge is 0.468 e. The summed E-state index contributed by atoms with van der Waals surface area (Å²) in [5.41, 5.74) is 2.77. The Balaban J connectivity index is 1.37. The number of ether oxygens (including phenoxy) is 1. The molecule has 2 aromatic rings. The predicted molar refractivity (Wildman–Crippen MR) is 108 cm³/mol. The van der Waals surface area contributed by atoms with Gasteiger partial charge in [-0.3, -0.25) is 9.80 Å². The summed E-state index contributed by atoms with van der Waals surface area (Å²) in [6.07, 6.45) is 7.05. The molecule has 0 bridgehead atoms. The van der Waals surface area contributed by atoms with Gasteiger partial charge in [0.2, 0.25) is 0 Å². The summed E-state index contributed by atoms with van der Waals surface area (Å²) >= 11 is 0. The fourth-order valence-corrected chi connectivity index (χ4v) is 4.50. The smallest absolute Gasteiger partial charge is 0.117 e. The average Bonchev–Trinajstić information content (AvgIpc) is 3.36. The lowest BCUT2D eigenvalue weighted by Gasteiger charge is -2.39. The number of aryl methyl sites for hydroxylation is 1. The molecular weight excluding hydrogens is 336 g/mol. The van der Waals surface area contributed by atoms with Crippen LogP contribution in [0.4, 0.5) is 0 Å². The van der Waals surface area contributed by atoms with Gasteiger partial charge < -0.3 is 9.15 Å². The number of nitrogens with zero attached hydrogens (tertiary/aromatic N) is 2. The standard InChI is InChI=1S/C23H32N2O2/c1-19-5-2-6-20(15-19)16-25(18-23-8-4-14-27-23)21-9-11-24(12-10-21)17-22-7-3-13-26-22/h2-3,5-7,13,15,21,23H,4,8-12,14,16-18H2,1H3. The monoisotopic (exact) mass is 368 g/mol. The molecule has 2 aliphatic heterocycles. The molecule has 146 valence electrons. The van der Waals surface area contributed by atoms with Crippen LogP contribution in [0.15, 0.2) is 47.1 Å². The molecule has 0 N–H and O–H groups in total. The van der Waals surface area contributed by atoms with Crippen molar-refractivity contribution in [3.8, 4) is 0 Å². The van der Waals surface area contributed by atoms with E-state index in [0.717, 1.165) is 45.1 Å². The summed E-state index contributed by atoms with van der Waals surface area (Å²) in [7, 11) is 0. The number of benzene rings is 1. The van der Waals surface area contributed by atoms with Crippen molar-refractivity contribution in [2.45, 2.75) is 57.8 Å². The van der Waals surface area contributed by atoms with E-state index in [1.54, 1.807) is 6.26 Å². The molecule has 0 saturated carbocycles. The fraction of sp³-hybridized carbons (Fsp3) is 0.565. The molecule has 2 saturated heterocycles. The van der Waals surface area contributed by atoms with E-state index < -0.39 is 0 Å². The zero-order chi connectivity index (χ0) is 18.5. The van der Waals surface area contributed by atoms with E-state index in [2.05, 4.69) is 47.1 Å². The first-order chi connectivity index (χ1) is 13.3. The maximum absolute atomic E-state index is 5.96. The number of rotatable bonds is 7. The van der Waals surface area contributed by atoms with Crippen molar-refractivity contribution in [2.75, 3.05) is 26.2 Å². The normalized spacial score (nSPS) is 21.9. The second kappa shape index (κ2) is 9.05. The lowest BCUT2D eigenvalue weighted by Crippen LogP contribution is -2.46. The van der Waals surface area contributed by atoms with Gasteiger partial charge in [0.15, 0.2) is 0 Å². The first-order valence-electron chi connectivity index (χ1n) is 10.4. The van der Waals surface area contributed by atoms with Gasteiger partial charge in [-0.15, -0.1) is 0 Å². The minimum Gasteiger partial charge on any atom is -0.468 e. The molecule has 0 amide bonds. The average molecular weight is 369 g/mol. The SMILES string of the molecule is Cc1cccc(CN(CC2CCCO2)C2CCN(Cc3ccco3)CC2)c1. The summed E-state index contributed by atoms with van der Waals surface area (Å²) in [5.74, 6) is 1.07. The van der Waals surface area contributed by atoms with Crippen molar-refractivity contribution in [3.05, 3.63) is 59.5 Å². The zero-order valence-corrected chi connectivity index (χ0v) is 16.5. The topological polar surface area (TPSA) is 28.9 Å². The van der Waals surface area contributed by atoms with Crippen LogP contribution in [0.2, 0.25) is 0 Å². The van der Waals surface area contributed by atoms with E-state index >= 15 is 0 Å². The molecule has 1 atom stereocenters. The molecule has 1 aromatic carbocycles. The number of hydrogen-bond acceptors (Lipinski definition) is 4. The highest BCUT2D eigenvalue weighted by molar-refractivity contribution is 5.22. The molecule has 0 aliphatic carbocycles. The summed E-state index contributed by atoms with van der Waals surface area (Å²) in [5, 5.41) is 0. The minimum absolute atomic E-state index is 0.413. The van der Waals surface area contributed by atoms with E-state index in [9.17, 15) is 0 Å². The van der Waals surface area contributed by atoms with E-state index in [4.69, 9.17) is 9.15 Å². The molecule has 1 aromatic heterocycles. The highest BCUT2D eigenvalue weighted by Gasteiger charge is 2.28. The quantitative estimate of drug-likeness (QED) is 0.731. The van der Waals surface area contributed by atoms with E-state index in [0.29, 0.717) is 12.1 Å². The maximum Gasteiger partial charge on any atom is 0.117 e. The first kappa shape index (κ1) is 18.7. The van der Waals surface area contributed by atoms with Crippen LogP contribution in [0.1, 0.15) is 42.6 Å². The van der Waals surface area contributed by atoms with Gasteiger partial charge in [-0.2, -0.15) is 0 Å². The van der Waals surface area contributed by atoms with Crippen molar-refractivity contribution in [1.29, 1.82) is 0 Å². The van der Waals surface area contributed by atoms with Crippen molar-refractivity contribution in [3.63, 3.8) is 0 Å². The second-order valence-electron chi connectivity index (χ2n) is 8.14. The molecular formula is C23H32N2O2. The lowest BCUT2D eigenvalue weighted by molar-refractivity contribution is 0.0328. The van der Waals surface area contributed by atoms with Gasteiger partial charge in [0.05, 0.1) is 18.9 Å². The Kier molecular flexibility index (Phi) is 6.28. The van der Waals surface area contributed by atoms with E-state index in [1.165, 1.54) is 36.8 Å². The second-order valence-corrected chi connectivity index (χ2v) is 8.14. The predicted octanol–water partition coefficient (Wildman–Crippen LogP) is 4.23. The van der Waals surface area contributed by atoms with Gasteiger partial charge >= 0.3 is 0 Å². The molecule has 27 heavy (non-hydrogen) atoms. The molecule has 1 unspecified atom stereocenters. The Labute approximate surface area is 163 Å². The third-order valence-corrected chi connectivity index (χ3v) is 5.96. The summed E-state index contributed by atoms with van der Waals surface area (Å²) in [6.45, 7) is 8.43. The Morgan fingerprint density at radius 1 is 1.11 bits per heavy atom. The summed E-state index contributed by atoms with van der Waals surface area (Å²) in [4.78, 5) is 5.21. The van der Waals surface area contributed by atoms with Crippen LogP contribution in [-0.2, 0) is 17.8 Å². The maximum atomic E-state index is 5.96. The van der Waals surface area contributed by atoms with E-state index in [1.807, 2.05) is 6.07 Å². The van der Waals surface area contributed by atoms with Gasteiger partial charge in [0, 0.05) is 38.8 Å². The highest BCUT2D eigenvalue weighted by atomic mass is 16.5. The van der Waals surface area contributed by atoms with Gasteiger partial charge in [0.1, 0.15) is 5.76 Å². The molecule has 4 nitrogen and oxygen atoms in total. The summed E-state index contributed by atoms with van der Waals surface area (Å²) < 4.78 is 11.5. The molecule has 4 heteroatoms. The highest BCUT2D eigenvalue weighted by Crippen LogP contribution is 2.23. The third kappa shape index (κ3) is 5.22. The van der Waals surface area contributed by atoms with Crippen LogP contribution in [0.5, 0.6) is 0 Å². The van der Waals surface area contributed by atoms with Crippen LogP contribution in [0, 0.1) is 6.92 Å². The first-order valence-corrected chi connectivity index (χ1v) is 10.4. The van der Waals surface area contributed by atoms with Crippen molar-refractivity contribution >= 4 is 0 Å². The van der Waals surface area contributed by atoms with Crippen LogP contribution in [-0.4, -0.2) is 48.2 Å². The number of hydrogen-bond donors (Lipinski definition) is 0. The van der Waals surface area contributed by atoms with Gasteiger partial charge in [-0.05, 0) is 50.3 Å². The molecule has 4 rings (SSSR count). The Morgan fingerprint density at radius 2 is 2.00 bits per heavy atom. The van der Waals surface area contributed by atoms with Crippen LogP contribution in [0.3, 0.4) is 0 Å². The van der Waals surface area contributed by atoms with Crippen LogP contribution < -0.4 is 0 Å². The van der Waals surface area contributed by atoms with Gasteiger partial charge in [-0.25, -0.2) is 0 Å². The van der Waals surface area contributed by atoms with Crippen molar-refractivity contribution in [2.24, 2.45) is 0 Å². The van der Waals surface area contributed by atoms with Gasteiger partial charge in [-0.1, -0.05) is 29.8 Å². The molecule has 2 aliphatic rings. The third-order valence-electron chi connectivity index (χ3n) is 5.96. The summed E-state index contributed by atoms with van der Waals surface area (Å²) in [6, 6.07) is 13.7. The molecule has 0 spiro atoms. The minimum atomic E-state index is 0.413. The molecule has 3 heterocycles. The number of likely N-dealkylation sites (tertiary alicyclic amines) is 1. The number of piperidine rings is 1. The molecule has 2 fully saturated rings.